The topological polar surface area (TPSA) is 54.5 Å². The lowest BCUT2D eigenvalue weighted by Gasteiger charge is -2.36. The fraction of sp³-hybridized carbons (Fsp3) is 0.600. The van der Waals surface area contributed by atoms with Gasteiger partial charge in [-0.3, -0.25) is 9.78 Å². The number of carbonyl (C=O) groups is 1. The Hall–Kier alpha value is -1.62. The number of aromatic nitrogens is 1. The standard InChI is InChI=1S/C15H23N3O2/c1-4-16-12-5-7-17-13(9-12)15(19)18-8-6-11(2)14(10-18)20-3/h5,7,9,11,14H,4,6,8,10H2,1-3H3,(H,16,17). The molecule has 1 aromatic heterocycles. The Morgan fingerprint density at radius 1 is 1.60 bits per heavy atom. The van der Waals surface area contributed by atoms with E-state index in [9.17, 15) is 4.79 Å². The molecule has 1 amide bonds. The van der Waals surface area contributed by atoms with Gasteiger partial charge in [-0.2, -0.15) is 0 Å². The van der Waals surface area contributed by atoms with Gasteiger partial charge < -0.3 is 15.0 Å². The molecule has 0 aromatic carbocycles. The van der Waals surface area contributed by atoms with E-state index in [1.807, 2.05) is 24.0 Å². The molecule has 0 aliphatic carbocycles. The quantitative estimate of drug-likeness (QED) is 0.914. The summed E-state index contributed by atoms with van der Waals surface area (Å²) in [5.74, 6) is 0.476. The van der Waals surface area contributed by atoms with Crippen LogP contribution in [-0.4, -0.2) is 48.6 Å². The molecular formula is C15H23N3O2. The second-order valence-electron chi connectivity index (χ2n) is 5.25. The fourth-order valence-electron chi connectivity index (χ4n) is 2.55. The number of anilines is 1. The molecule has 1 aliphatic heterocycles. The maximum Gasteiger partial charge on any atom is 0.272 e. The number of hydrogen-bond acceptors (Lipinski definition) is 4. The van der Waals surface area contributed by atoms with Crippen LogP contribution in [0.15, 0.2) is 18.3 Å². The van der Waals surface area contributed by atoms with E-state index >= 15 is 0 Å². The summed E-state index contributed by atoms with van der Waals surface area (Å²) in [6, 6.07) is 3.68. The Kier molecular flexibility index (Phi) is 4.95. The number of pyridine rings is 1. The van der Waals surface area contributed by atoms with Crippen molar-refractivity contribution in [2.45, 2.75) is 26.4 Å². The highest BCUT2D eigenvalue weighted by atomic mass is 16.5. The molecule has 1 saturated heterocycles. The van der Waals surface area contributed by atoms with Crippen LogP contribution in [0.3, 0.4) is 0 Å². The predicted molar refractivity (Wildman–Crippen MR) is 78.9 cm³/mol. The van der Waals surface area contributed by atoms with Crippen LogP contribution in [0, 0.1) is 5.92 Å². The third-order valence-corrected chi connectivity index (χ3v) is 3.84. The fourth-order valence-corrected chi connectivity index (χ4v) is 2.55. The summed E-state index contributed by atoms with van der Waals surface area (Å²) in [5, 5.41) is 3.20. The van der Waals surface area contributed by atoms with Crippen molar-refractivity contribution in [3.8, 4) is 0 Å². The third-order valence-electron chi connectivity index (χ3n) is 3.84. The number of piperidine rings is 1. The SMILES string of the molecule is CCNc1ccnc(C(=O)N2CCC(C)C(OC)C2)c1. The molecule has 0 bridgehead atoms. The van der Waals surface area contributed by atoms with Crippen molar-refractivity contribution in [1.29, 1.82) is 0 Å². The summed E-state index contributed by atoms with van der Waals surface area (Å²) >= 11 is 0. The maximum atomic E-state index is 12.5. The van der Waals surface area contributed by atoms with E-state index in [2.05, 4.69) is 17.2 Å². The van der Waals surface area contributed by atoms with Crippen LogP contribution in [0.5, 0.6) is 0 Å². The number of rotatable bonds is 4. The van der Waals surface area contributed by atoms with Crippen molar-refractivity contribution < 1.29 is 9.53 Å². The van der Waals surface area contributed by atoms with Gasteiger partial charge in [0.1, 0.15) is 5.69 Å². The first-order valence-electron chi connectivity index (χ1n) is 7.17. The highest BCUT2D eigenvalue weighted by molar-refractivity contribution is 5.93. The molecule has 2 heterocycles. The molecule has 0 spiro atoms. The predicted octanol–water partition coefficient (Wildman–Crippen LogP) is 2.01. The van der Waals surface area contributed by atoms with E-state index in [1.54, 1.807) is 13.3 Å². The summed E-state index contributed by atoms with van der Waals surface area (Å²) in [4.78, 5) is 18.5. The Morgan fingerprint density at radius 2 is 2.40 bits per heavy atom. The van der Waals surface area contributed by atoms with Crippen LogP contribution in [0.4, 0.5) is 5.69 Å². The van der Waals surface area contributed by atoms with Gasteiger partial charge in [0, 0.05) is 38.6 Å². The number of amides is 1. The van der Waals surface area contributed by atoms with Crippen LogP contribution < -0.4 is 5.32 Å². The molecule has 0 saturated carbocycles. The zero-order chi connectivity index (χ0) is 14.5. The first-order valence-corrected chi connectivity index (χ1v) is 7.17. The lowest BCUT2D eigenvalue weighted by atomic mass is 9.95. The second kappa shape index (κ2) is 6.70. The second-order valence-corrected chi connectivity index (χ2v) is 5.25. The van der Waals surface area contributed by atoms with Crippen molar-refractivity contribution in [3.05, 3.63) is 24.0 Å². The number of carbonyl (C=O) groups excluding carboxylic acids is 1. The summed E-state index contributed by atoms with van der Waals surface area (Å²) in [6.07, 6.45) is 2.76. The molecule has 20 heavy (non-hydrogen) atoms. The number of hydrogen-bond donors (Lipinski definition) is 1. The van der Waals surface area contributed by atoms with E-state index in [0.29, 0.717) is 18.2 Å². The minimum Gasteiger partial charge on any atom is -0.385 e. The van der Waals surface area contributed by atoms with Crippen LogP contribution in [0.1, 0.15) is 30.8 Å². The smallest absolute Gasteiger partial charge is 0.272 e. The number of methoxy groups -OCH3 is 1. The molecule has 1 aliphatic rings. The Bertz CT molecular complexity index is 464. The first-order chi connectivity index (χ1) is 9.65. The largest absolute Gasteiger partial charge is 0.385 e. The average Bonchev–Trinajstić information content (AvgIpc) is 2.48. The van der Waals surface area contributed by atoms with Gasteiger partial charge in [-0.15, -0.1) is 0 Å². The van der Waals surface area contributed by atoms with Gasteiger partial charge in [-0.25, -0.2) is 0 Å². The number of likely N-dealkylation sites (tertiary alicyclic amines) is 1. The molecule has 2 rings (SSSR count). The van der Waals surface area contributed by atoms with E-state index in [4.69, 9.17) is 4.74 Å². The van der Waals surface area contributed by atoms with Gasteiger partial charge in [0.25, 0.3) is 5.91 Å². The van der Waals surface area contributed by atoms with Gasteiger partial charge in [0.15, 0.2) is 0 Å². The molecule has 2 unspecified atom stereocenters. The summed E-state index contributed by atoms with van der Waals surface area (Å²) in [6.45, 7) is 6.43. The van der Waals surface area contributed by atoms with E-state index < -0.39 is 0 Å². The number of ether oxygens (including phenoxy) is 1. The van der Waals surface area contributed by atoms with E-state index in [0.717, 1.165) is 25.2 Å². The van der Waals surface area contributed by atoms with Crippen LogP contribution in [0.25, 0.3) is 0 Å². The highest BCUT2D eigenvalue weighted by Crippen LogP contribution is 2.21. The van der Waals surface area contributed by atoms with Crippen molar-refractivity contribution in [3.63, 3.8) is 0 Å². The molecule has 1 fully saturated rings. The maximum absolute atomic E-state index is 12.5. The zero-order valence-electron chi connectivity index (χ0n) is 12.4. The van der Waals surface area contributed by atoms with Gasteiger partial charge >= 0.3 is 0 Å². The summed E-state index contributed by atoms with van der Waals surface area (Å²) in [7, 11) is 1.71. The molecule has 5 heteroatoms. The Morgan fingerprint density at radius 3 is 3.10 bits per heavy atom. The van der Waals surface area contributed by atoms with E-state index in [-0.39, 0.29) is 12.0 Å². The molecule has 5 nitrogen and oxygen atoms in total. The Labute approximate surface area is 120 Å². The Balaban J connectivity index is 2.09. The zero-order valence-corrected chi connectivity index (χ0v) is 12.4. The van der Waals surface area contributed by atoms with E-state index in [1.165, 1.54) is 0 Å². The summed E-state index contributed by atoms with van der Waals surface area (Å²) in [5.41, 5.74) is 1.42. The van der Waals surface area contributed by atoms with Crippen molar-refractivity contribution in [1.82, 2.24) is 9.88 Å². The van der Waals surface area contributed by atoms with Gasteiger partial charge in [0.05, 0.1) is 6.10 Å². The molecule has 110 valence electrons. The third kappa shape index (κ3) is 3.28. The first kappa shape index (κ1) is 14.8. The molecular weight excluding hydrogens is 254 g/mol. The summed E-state index contributed by atoms with van der Waals surface area (Å²) < 4.78 is 5.46. The molecule has 1 aromatic rings. The van der Waals surface area contributed by atoms with Crippen LogP contribution in [-0.2, 0) is 4.74 Å². The van der Waals surface area contributed by atoms with Gasteiger partial charge in [-0.1, -0.05) is 6.92 Å². The van der Waals surface area contributed by atoms with Crippen molar-refractivity contribution in [2.75, 3.05) is 32.1 Å². The molecule has 2 atom stereocenters. The molecule has 0 radical (unpaired) electrons. The number of nitrogens with zero attached hydrogens (tertiary/aromatic N) is 2. The van der Waals surface area contributed by atoms with Crippen LogP contribution >= 0.6 is 0 Å². The lowest BCUT2D eigenvalue weighted by molar-refractivity contribution is -0.00177. The molecule has 1 N–H and O–H groups in total. The average molecular weight is 277 g/mol. The minimum atomic E-state index is -0.0151. The van der Waals surface area contributed by atoms with Gasteiger partial charge in [-0.05, 0) is 31.4 Å². The van der Waals surface area contributed by atoms with Crippen LogP contribution in [0.2, 0.25) is 0 Å². The highest BCUT2D eigenvalue weighted by Gasteiger charge is 2.29. The normalized spacial score (nSPS) is 22.6. The monoisotopic (exact) mass is 277 g/mol. The lowest BCUT2D eigenvalue weighted by Crippen LogP contribution is -2.46. The van der Waals surface area contributed by atoms with Crippen molar-refractivity contribution >= 4 is 11.6 Å². The van der Waals surface area contributed by atoms with Crippen molar-refractivity contribution in [2.24, 2.45) is 5.92 Å². The minimum absolute atomic E-state index is 0.0151. The number of nitrogens with one attached hydrogen (secondary N) is 1. The van der Waals surface area contributed by atoms with Gasteiger partial charge in [0.2, 0.25) is 0 Å².